The van der Waals surface area contributed by atoms with Crippen molar-refractivity contribution in [3.05, 3.63) is 82.9 Å². The molecule has 0 unspecified atom stereocenters. The van der Waals surface area contributed by atoms with E-state index in [1.54, 1.807) is 0 Å². The van der Waals surface area contributed by atoms with Gasteiger partial charge in [0.2, 0.25) is 0 Å². The lowest BCUT2D eigenvalue weighted by atomic mass is 9.83. The van der Waals surface area contributed by atoms with Crippen molar-refractivity contribution in [2.45, 2.75) is 64.6 Å². The van der Waals surface area contributed by atoms with Gasteiger partial charge >= 0.3 is 6.09 Å². The zero-order chi connectivity index (χ0) is 30.1. The first-order chi connectivity index (χ1) is 20.7. The first-order valence-corrected chi connectivity index (χ1v) is 15.4. The molecule has 0 spiro atoms. The Hall–Kier alpha value is -4.55. The summed E-state index contributed by atoms with van der Waals surface area (Å²) >= 11 is 1.31. The fraction of sp³-hybridized carbons (Fsp3) is 0.324. The molecule has 1 aliphatic rings. The maximum atomic E-state index is 13.5. The Morgan fingerprint density at radius 3 is 2.53 bits per heavy atom. The number of carbonyl (C=O) groups excluding carboxylic acids is 2. The number of carbonyl (C=O) groups is 2. The summed E-state index contributed by atoms with van der Waals surface area (Å²) in [5, 5.41) is 25.7. The number of hydrogen-bond donors (Lipinski definition) is 1. The van der Waals surface area contributed by atoms with Crippen LogP contribution in [0.5, 0.6) is 0 Å². The molecule has 0 atom stereocenters. The summed E-state index contributed by atoms with van der Waals surface area (Å²) in [7, 11) is 0. The second-order valence-electron chi connectivity index (χ2n) is 12.1. The molecular weight excluding hydrogens is 558 g/mol. The Morgan fingerprint density at radius 1 is 1.00 bits per heavy atom. The molecule has 218 valence electrons. The number of nitrogens with one attached hydrogen (secondary N) is 1. The van der Waals surface area contributed by atoms with E-state index in [4.69, 9.17) is 4.74 Å². The topological polar surface area (TPSA) is 110 Å². The number of nitriles is 1. The fourth-order valence-corrected chi connectivity index (χ4v) is 6.73. The SMILES string of the molecule is CC(C)(C)OC(=O)N[C@H]1CC[C@H](C(=O)c2nnc(-c3cc4ccc(C#N)cc4n3Cc3cccc4ccccc34)s2)CC1. The Bertz CT molecular complexity index is 1860. The lowest BCUT2D eigenvalue weighted by Gasteiger charge is -2.29. The minimum absolute atomic E-state index is 0.00273. The molecule has 0 aliphatic heterocycles. The molecule has 1 aliphatic carbocycles. The van der Waals surface area contributed by atoms with Crippen LogP contribution in [-0.4, -0.2) is 38.3 Å². The third kappa shape index (κ3) is 6.15. The van der Waals surface area contributed by atoms with Crippen LogP contribution in [-0.2, 0) is 11.3 Å². The zero-order valence-electron chi connectivity index (χ0n) is 24.5. The predicted octanol–water partition coefficient (Wildman–Crippen LogP) is 7.50. The van der Waals surface area contributed by atoms with Crippen LogP contribution in [0.4, 0.5) is 4.79 Å². The molecule has 2 heterocycles. The van der Waals surface area contributed by atoms with Crippen molar-refractivity contribution < 1.29 is 14.3 Å². The quantitative estimate of drug-likeness (QED) is 0.205. The second-order valence-corrected chi connectivity index (χ2v) is 13.1. The monoisotopic (exact) mass is 591 g/mol. The molecule has 0 saturated heterocycles. The Balaban J connectivity index is 1.25. The number of rotatable bonds is 6. The van der Waals surface area contributed by atoms with Crippen molar-refractivity contribution >= 4 is 44.9 Å². The summed E-state index contributed by atoms with van der Waals surface area (Å²) in [4.78, 5) is 25.7. The summed E-state index contributed by atoms with van der Waals surface area (Å²) in [6.45, 7) is 6.09. The van der Waals surface area contributed by atoms with Gasteiger partial charge in [-0.25, -0.2) is 4.79 Å². The standard InChI is InChI=1S/C34H33N5O3S/c1-34(2,3)42-33(41)36-26-15-13-23(14-16-26)30(40)32-38-37-31(43-32)29-18-24-12-11-21(19-35)17-28(24)39(29)20-25-9-6-8-22-7-4-5-10-27(22)25/h4-12,17-18,23,26H,13-16,20H2,1-3H3,(H,36,41)/t23-,26-. The highest BCUT2D eigenvalue weighted by Crippen LogP contribution is 2.35. The highest BCUT2D eigenvalue weighted by Gasteiger charge is 2.31. The van der Waals surface area contributed by atoms with Crippen molar-refractivity contribution in [2.75, 3.05) is 0 Å². The van der Waals surface area contributed by atoms with Crippen molar-refractivity contribution in [1.29, 1.82) is 5.26 Å². The van der Waals surface area contributed by atoms with Gasteiger partial charge in [-0.2, -0.15) is 5.26 Å². The molecule has 0 radical (unpaired) electrons. The molecule has 1 amide bonds. The van der Waals surface area contributed by atoms with Gasteiger partial charge < -0.3 is 14.6 Å². The number of amides is 1. The average Bonchev–Trinajstić information content (AvgIpc) is 3.61. The van der Waals surface area contributed by atoms with E-state index >= 15 is 0 Å². The first kappa shape index (κ1) is 28.6. The van der Waals surface area contributed by atoms with E-state index in [9.17, 15) is 14.9 Å². The summed E-state index contributed by atoms with van der Waals surface area (Å²) in [5.74, 6) is -0.153. The summed E-state index contributed by atoms with van der Waals surface area (Å²) in [6, 6.07) is 24.6. The van der Waals surface area contributed by atoms with Gasteiger partial charge in [0.1, 0.15) is 5.60 Å². The van der Waals surface area contributed by atoms with Crippen molar-refractivity contribution in [1.82, 2.24) is 20.1 Å². The van der Waals surface area contributed by atoms with Crippen LogP contribution in [0.1, 0.15) is 67.4 Å². The highest BCUT2D eigenvalue weighted by atomic mass is 32.1. The molecule has 0 bridgehead atoms. The fourth-order valence-electron chi connectivity index (χ4n) is 5.85. The molecule has 6 rings (SSSR count). The van der Waals surface area contributed by atoms with Gasteiger partial charge in [0.15, 0.2) is 15.8 Å². The number of benzene rings is 3. The second kappa shape index (κ2) is 11.6. The minimum atomic E-state index is -0.550. The summed E-state index contributed by atoms with van der Waals surface area (Å²) < 4.78 is 7.55. The molecule has 8 nitrogen and oxygen atoms in total. The van der Waals surface area contributed by atoms with E-state index in [1.807, 2.05) is 51.1 Å². The van der Waals surface area contributed by atoms with Crippen molar-refractivity contribution in [2.24, 2.45) is 5.92 Å². The van der Waals surface area contributed by atoms with Crippen LogP contribution in [0, 0.1) is 17.2 Å². The van der Waals surface area contributed by atoms with Crippen LogP contribution >= 0.6 is 11.3 Å². The van der Waals surface area contributed by atoms with Crippen LogP contribution in [0.25, 0.3) is 32.4 Å². The molecule has 1 N–H and O–H groups in total. The van der Waals surface area contributed by atoms with Gasteiger partial charge in [0.05, 0.1) is 22.8 Å². The van der Waals surface area contributed by atoms with Crippen LogP contribution < -0.4 is 5.32 Å². The normalized spacial score (nSPS) is 17.1. The average molecular weight is 592 g/mol. The molecule has 43 heavy (non-hydrogen) atoms. The third-order valence-corrected chi connectivity index (χ3v) is 8.88. The Labute approximate surface area is 254 Å². The number of ketones is 1. The van der Waals surface area contributed by atoms with Gasteiger partial charge in [0, 0.05) is 23.9 Å². The van der Waals surface area contributed by atoms with Gasteiger partial charge in [-0.15, -0.1) is 10.2 Å². The molecule has 3 aromatic carbocycles. The molecule has 5 aromatic rings. The van der Waals surface area contributed by atoms with E-state index in [0.717, 1.165) is 27.5 Å². The predicted molar refractivity (Wildman–Crippen MR) is 168 cm³/mol. The van der Waals surface area contributed by atoms with Gasteiger partial charge in [-0.3, -0.25) is 4.79 Å². The Kier molecular flexibility index (Phi) is 7.72. The highest BCUT2D eigenvalue weighted by molar-refractivity contribution is 7.16. The van der Waals surface area contributed by atoms with Gasteiger partial charge in [-0.1, -0.05) is 59.9 Å². The lowest BCUT2D eigenvalue weighted by molar-refractivity contribution is 0.0487. The zero-order valence-corrected chi connectivity index (χ0v) is 25.3. The van der Waals surface area contributed by atoms with E-state index in [2.05, 4.69) is 62.5 Å². The smallest absolute Gasteiger partial charge is 0.407 e. The largest absolute Gasteiger partial charge is 0.444 e. The summed E-state index contributed by atoms with van der Waals surface area (Å²) in [5.41, 5.74) is 2.98. The number of alkyl carbamates (subject to hydrolysis) is 1. The van der Waals surface area contributed by atoms with Crippen LogP contribution in [0.15, 0.2) is 66.7 Å². The first-order valence-electron chi connectivity index (χ1n) is 14.6. The van der Waals surface area contributed by atoms with Crippen LogP contribution in [0.3, 0.4) is 0 Å². The molecule has 1 fully saturated rings. The molecule has 2 aromatic heterocycles. The Morgan fingerprint density at radius 2 is 1.77 bits per heavy atom. The van der Waals surface area contributed by atoms with Crippen LogP contribution in [0.2, 0.25) is 0 Å². The number of ether oxygens (including phenoxy) is 1. The molecule has 1 saturated carbocycles. The number of fused-ring (bicyclic) bond motifs is 2. The van der Waals surface area contributed by atoms with E-state index in [-0.39, 0.29) is 17.7 Å². The number of nitrogens with zero attached hydrogens (tertiary/aromatic N) is 4. The van der Waals surface area contributed by atoms with Crippen molar-refractivity contribution in [3.63, 3.8) is 0 Å². The molecular formula is C34H33N5O3S. The summed E-state index contributed by atoms with van der Waals surface area (Å²) in [6.07, 6.45) is 2.35. The molecule has 9 heteroatoms. The number of aromatic nitrogens is 3. The van der Waals surface area contributed by atoms with Gasteiger partial charge in [0.25, 0.3) is 0 Å². The van der Waals surface area contributed by atoms with Gasteiger partial charge in [-0.05, 0) is 81.0 Å². The minimum Gasteiger partial charge on any atom is -0.444 e. The van der Waals surface area contributed by atoms with E-state index in [0.29, 0.717) is 47.8 Å². The number of Topliss-reactive ketones (excluding diaryl/α,β-unsaturated/α-hetero) is 1. The maximum absolute atomic E-state index is 13.5. The lowest BCUT2D eigenvalue weighted by Crippen LogP contribution is -2.41. The maximum Gasteiger partial charge on any atom is 0.407 e. The number of hydrogen-bond acceptors (Lipinski definition) is 7. The van der Waals surface area contributed by atoms with E-state index < -0.39 is 11.7 Å². The van der Waals surface area contributed by atoms with E-state index in [1.165, 1.54) is 16.7 Å². The van der Waals surface area contributed by atoms with Crippen molar-refractivity contribution in [3.8, 4) is 16.8 Å². The third-order valence-electron chi connectivity index (χ3n) is 7.92.